The molecule has 0 spiro atoms. The molecule has 170 valence electrons. The highest BCUT2D eigenvalue weighted by atomic mass is 35.5. The number of rotatable bonds is 5. The van der Waals surface area contributed by atoms with Gasteiger partial charge in [0.2, 0.25) is 11.8 Å². The van der Waals surface area contributed by atoms with Crippen molar-refractivity contribution >= 4 is 45.6 Å². The zero-order chi connectivity index (χ0) is 23.7. The molecule has 5 rings (SSSR count). The van der Waals surface area contributed by atoms with Gasteiger partial charge in [-0.2, -0.15) is 0 Å². The van der Waals surface area contributed by atoms with Crippen LogP contribution in [0.15, 0.2) is 84.9 Å². The SMILES string of the molecule is Cc1c(Cl)cccc1N1C[C@H](C(=O)Nc2ccc(Oc3cccc4ccccc34)cc2)CC1=O. The van der Waals surface area contributed by atoms with Crippen LogP contribution >= 0.6 is 11.6 Å². The summed E-state index contributed by atoms with van der Waals surface area (Å²) in [5.74, 6) is 0.754. The summed E-state index contributed by atoms with van der Waals surface area (Å²) in [5, 5.41) is 5.67. The number of nitrogens with zero attached hydrogens (tertiary/aromatic N) is 1. The summed E-state index contributed by atoms with van der Waals surface area (Å²) in [4.78, 5) is 27.1. The predicted molar refractivity (Wildman–Crippen MR) is 136 cm³/mol. The zero-order valence-electron chi connectivity index (χ0n) is 18.6. The normalized spacial score (nSPS) is 15.5. The molecule has 0 radical (unpaired) electrons. The average Bonchev–Trinajstić information content (AvgIpc) is 3.24. The van der Waals surface area contributed by atoms with E-state index in [1.54, 1.807) is 23.1 Å². The van der Waals surface area contributed by atoms with E-state index in [9.17, 15) is 9.59 Å². The molecule has 1 fully saturated rings. The van der Waals surface area contributed by atoms with Gasteiger partial charge in [-0.3, -0.25) is 9.59 Å². The first-order valence-corrected chi connectivity index (χ1v) is 11.5. The van der Waals surface area contributed by atoms with Gasteiger partial charge in [0.25, 0.3) is 0 Å². The van der Waals surface area contributed by atoms with Crippen molar-refractivity contribution in [3.05, 3.63) is 95.5 Å². The Kier molecular flexibility index (Phi) is 5.95. The molecule has 1 aliphatic rings. The molecule has 4 aromatic carbocycles. The number of halogens is 1. The van der Waals surface area contributed by atoms with E-state index < -0.39 is 5.92 Å². The van der Waals surface area contributed by atoms with Crippen LogP contribution in [-0.4, -0.2) is 18.4 Å². The highest BCUT2D eigenvalue weighted by Crippen LogP contribution is 2.33. The molecule has 34 heavy (non-hydrogen) atoms. The third-order valence-corrected chi connectivity index (χ3v) is 6.53. The Hall–Kier alpha value is -3.83. The van der Waals surface area contributed by atoms with Crippen LogP contribution in [0.5, 0.6) is 11.5 Å². The molecular formula is C28H23ClN2O3. The topological polar surface area (TPSA) is 58.6 Å². The Morgan fingerprint density at radius 1 is 0.971 bits per heavy atom. The number of fused-ring (bicyclic) bond motifs is 1. The molecule has 5 nitrogen and oxygen atoms in total. The zero-order valence-corrected chi connectivity index (χ0v) is 19.4. The lowest BCUT2D eigenvalue weighted by Gasteiger charge is -2.19. The van der Waals surface area contributed by atoms with Crippen LogP contribution < -0.4 is 15.0 Å². The van der Waals surface area contributed by atoms with Crippen LogP contribution in [0.3, 0.4) is 0 Å². The fourth-order valence-electron chi connectivity index (χ4n) is 4.27. The molecule has 0 saturated carbocycles. The first kappa shape index (κ1) is 22.0. The van der Waals surface area contributed by atoms with E-state index in [2.05, 4.69) is 5.32 Å². The molecule has 1 N–H and O–H groups in total. The van der Waals surface area contributed by atoms with Crippen molar-refractivity contribution in [2.24, 2.45) is 5.92 Å². The van der Waals surface area contributed by atoms with E-state index in [-0.39, 0.29) is 18.2 Å². The number of carbonyl (C=O) groups is 2. The van der Waals surface area contributed by atoms with Crippen molar-refractivity contribution in [1.82, 2.24) is 0 Å². The maximum absolute atomic E-state index is 12.9. The summed E-state index contributed by atoms with van der Waals surface area (Å²) in [6.07, 6.45) is 0.167. The van der Waals surface area contributed by atoms with Crippen LogP contribution in [0.1, 0.15) is 12.0 Å². The number of benzene rings is 4. The molecule has 0 aliphatic carbocycles. The van der Waals surface area contributed by atoms with Crippen molar-refractivity contribution in [3.8, 4) is 11.5 Å². The molecule has 4 aromatic rings. The maximum Gasteiger partial charge on any atom is 0.229 e. The molecule has 1 saturated heterocycles. The van der Waals surface area contributed by atoms with Crippen molar-refractivity contribution in [3.63, 3.8) is 0 Å². The third kappa shape index (κ3) is 4.35. The molecule has 0 unspecified atom stereocenters. The van der Waals surface area contributed by atoms with E-state index in [0.717, 1.165) is 27.8 Å². The number of amides is 2. The van der Waals surface area contributed by atoms with Gasteiger partial charge in [0.1, 0.15) is 11.5 Å². The summed E-state index contributed by atoms with van der Waals surface area (Å²) < 4.78 is 6.07. The van der Waals surface area contributed by atoms with E-state index in [4.69, 9.17) is 16.3 Å². The summed E-state index contributed by atoms with van der Waals surface area (Å²) in [7, 11) is 0. The molecular weight excluding hydrogens is 448 g/mol. The number of anilines is 2. The lowest BCUT2D eigenvalue weighted by Crippen LogP contribution is -2.28. The first-order chi connectivity index (χ1) is 16.5. The molecule has 1 aliphatic heterocycles. The Morgan fingerprint density at radius 2 is 1.71 bits per heavy atom. The Balaban J connectivity index is 1.25. The van der Waals surface area contributed by atoms with E-state index in [0.29, 0.717) is 23.0 Å². The minimum Gasteiger partial charge on any atom is -0.457 e. The number of carbonyl (C=O) groups excluding carboxylic acids is 2. The van der Waals surface area contributed by atoms with Gasteiger partial charge in [0.15, 0.2) is 0 Å². The lowest BCUT2D eigenvalue weighted by atomic mass is 10.1. The Labute approximate surface area is 202 Å². The molecule has 0 bridgehead atoms. The Morgan fingerprint density at radius 3 is 2.53 bits per heavy atom. The highest BCUT2D eigenvalue weighted by molar-refractivity contribution is 6.31. The van der Waals surface area contributed by atoms with Gasteiger partial charge < -0.3 is 15.0 Å². The van der Waals surface area contributed by atoms with Crippen LogP contribution in [0, 0.1) is 12.8 Å². The fraction of sp³-hybridized carbons (Fsp3) is 0.143. The monoisotopic (exact) mass is 470 g/mol. The van der Waals surface area contributed by atoms with Gasteiger partial charge in [0.05, 0.1) is 5.92 Å². The van der Waals surface area contributed by atoms with Gasteiger partial charge in [0, 0.05) is 34.7 Å². The van der Waals surface area contributed by atoms with E-state index in [1.807, 2.05) is 73.7 Å². The van der Waals surface area contributed by atoms with Crippen molar-refractivity contribution < 1.29 is 14.3 Å². The van der Waals surface area contributed by atoms with Gasteiger partial charge in [-0.1, -0.05) is 54.1 Å². The van der Waals surface area contributed by atoms with Crippen LogP contribution in [0.4, 0.5) is 11.4 Å². The molecule has 2 amide bonds. The number of hydrogen-bond acceptors (Lipinski definition) is 3. The summed E-state index contributed by atoms with van der Waals surface area (Å²) in [5.41, 5.74) is 2.24. The number of nitrogens with one attached hydrogen (secondary N) is 1. The summed E-state index contributed by atoms with van der Waals surface area (Å²) in [6.45, 7) is 2.20. The van der Waals surface area contributed by atoms with Gasteiger partial charge >= 0.3 is 0 Å². The molecule has 6 heteroatoms. The highest BCUT2D eigenvalue weighted by Gasteiger charge is 2.35. The average molecular weight is 471 g/mol. The minimum atomic E-state index is -0.433. The number of hydrogen-bond donors (Lipinski definition) is 1. The van der Waals surface area contributed by atoms with Crippen LogP contribution in [-0.2, 0) is 9.59 Å². The summed E-state index contributed by atoms with van der Waals surface area (Å²) >= 11 is 6.21. The molecule has 0 aromatic heterocycles. The smallest absolute Gasteiger partial charge is 0.229 e. The standard InChI is InChI=1S/C28H23ClN2O3/c1-18-24(29)9-5-10-25(18)31-17-20(16-27(31)32)28(33)30-21-12-14-22(15-13-21)34-26-11-4-7-19-6-2-3-8-23(19)26/h2-15,20H,16-17H2,1H3,(H,30,33)/t20-/m1/s1. The van der Waals surface area contributed by atoms with Crippen molar-refractivity contribution in [2.75, 3.05) is 16.8 Å². The molecule has 1 atom stereocenters. The van der Waals surface area contributed by atoms with Gasteiger partial charge in [-0.05, 0) is 60.3 Å². The quantitative estimate of drug-likeness (QED) is 0.358. The molecule has 1 heterocycles. The second-order valence-electron chi connectivity index (χ2n) is 8.38. The van der Waals surface area contributed by atoms with E-state index >= 15 is 0 Å². The first-order valence-electron chi connectivity index (χ1n) is 11.1. The van der Waals surface area contributed by atoms with Crippen LogP contribution in [0.25, 0.3) is 10.8 Å². The van der Waals surface area contributed by atoms with Gasteiger partial charge in [-0.15, -0.1) is 0 Å². The van der Waals surface area contributed by atoms with Gasteiger partial charge in [-0.25, -0.2) is 0 Å². The third-order valence-electron chi connectivity index (χ3n) is 6.13. The second-order valence-corrected chi connectivity index (χ2v) is 8.79. The van der Waals surface area contributed by atoms with Crippen molar-refractivity contribution in [2.45, 2.75) is 13.3 Å². The van der Waals surface area contributed by atoms with Crippen molar-refractivity contribution in [1.29, 1.82) is 0 Å². The number of ether oxygens (including phenoxy) is 1. The summed E-state index contributed by atoms with van der Waals surface area (Å²) in [6, 6.07) is 26.7. The lowest BCUT2D eigenvalue weighted by molar-refractivity contribution is -0.122. The fourth-order valence-corrected chi connectivity index (χ4v) is 4.44. The Bertz CT molecular complexity index is 1380. The maximum atomic E-state index is 12.9. The predicted octanol–water partition coefficient (Wildman–Crippen LogP) is 6.59. The van der Waals surface area contributed by atoms with E-state index in [1.165, 1.54) is 0 Å². The second kappa shape index (κ2) is 9.20. The van der Waals surface area contributed by atoms with Crippen LogP contribution in [0.2, 0.25) is 5.02 Å². The minimum absolute atomic E-state index is 0.0793. The largest absolute Gasteiger partial charge is 0.457 e.